The summed E-state index contributed by atoms with van der Waals surface area (Å²) in [5.74, 6) is 1.10. The Balaban J connectivity index is 1.78. The first-order valence-corrected chi connectivity index (χ1v) is 8.74. The Kier molecular flexibility index (Phi) is 3.03. The first kappa shape index (κ1) is 14.6. The Morgan fingerprint density at radius 1 is 1.23 bits per heavy atom. The van der Waals surface area contributed by atoms with E-state index in [1.807, 2.05) is 6.08 Å². The van der Waals surface area contributed by atoms with E-state index in [1.165, 1.54) is 5.57 Å². The number of aliphatic hydroxyl groups excluding tert-OH is 1. The van der Waals surface area contributed by atoms with Gasteiger partial charge >= 0.3 is 0 Å². The number of ketones is 1. The number of aliphatic hydroxyl groups is 1. The summed E-state index contributed by atoms with van der Waals surface area (Å²) in [4.78, 5) is 12.9. The zero-order valence-electron chi connectivity index (χ0n) is 13.6. The van der Waals surface area contributed by atoms with E-state index in [2.05, 4.69) is 26.0 Å². The molecule has 0 aromatic carbocycles. The Morgan fingerprint density at radius 3 is 2.77 bits per heavy atom. The van der Waals surface area contributed by atoms with Crippen molar-refractivity contribution < 1.29 is 9.90 Å². The third-order valence-corrected chi connectivity index (χ3v) is 7.47. The largest absolute Gasteiger partial charge is 0.393 e. The molecular weight excluding hydrogens is 274 g/mol. The highest BCUT2D eigenvalue weighted by Crippen LogP contribution is 2.63. The molecule has 0 aromatic rings. The normalized spacial score (nSPS) is 53.5. The summed E-state index contributed by atoms with van der Waals surface area (Å²) in [5, 5.41) is 10.4. The van der Waals surface area contributed by atoms with Crippen LogP contribution in [0, 0.1) is 28.6 Å². The predicted octanol–water partition coefficient (Wildman–Crippen LogP) is 2.59. The van der Waals surface area contributed by atoms with Crippen molar-refractivity contribution in [3.8, 4) is 0 Å². The Morgan fingerprint density at radius 2 is 2.00 bits per heavy atom. The highest BCUT2D eigenvalue weighted by atomic mass is 16.3. The van der Waals surface area contributed by atoms with E-state index in [0.29, 0.717) is 17.6 Å². The zero-order chi connectivity index (χ0) is 15.7. The number of carbonyl (C=O) groups is 1. The van der Waals surface area contributed by atoms with Gasteiger partial charge in [-0.2, -0.15) is 0 Å². The monoisotopic (exact) mass is 301 g/mol. The van der Waals surface area contributed by atoms with Crippen LogP contribution < -0.4 is 5.73 Å². The summed E-state index contributed by atoms with van der Waals surface area (Å²) in [6.45, 7) is 4.49. The first-order chi connectivity index (χ1) is 10.4. The fourth-order valence-corrected chi connectivity index (χ4v) is 6.00. The van der Waals surface area contributed by atoms with Gasteiger partial charge in [-0.25, -0.2) is 0 Å². The minimum absolute atomic E-state index is 0.0106. The maximum Gasteiger partial charge on any atom is 0.159 e. The molecule has 0 aromatic heterocycles. The van der Waals surface area contributed by atoms with E-state index in [-0.39, 0.29) is 28.9 Å². The van der Waals surface area contributed by atoms with Gasteiger partial charge in [0.2, 0.25) is 0 Å². The van der Waals surface area contributed by atoms with Crippen LogP contribution in [0.15, 0.2) is 23.8 Å². The smallest absolute Gasteiger partial charge is 0.159 e. The van der Waals surface area contributed by atoms with Crippen LogP contribution in [0.4, 0.5) is 0 Å². The second kappa shape index (κ2) is 4.55. The standard InChI is InChI=1S/C19H27NO2/c1-18-7-5-12(20)9-11(18)10-15(21)17-13-3-4-16(22)19(13,2)8-6-14(17)18/h5,7,10,12-14,16-17,22H,3-4,6,8-9,20H2,1-2H3/t12?,13-,14+,16?,17?,18-,19-/m0/s1. The molecule has 22 heavy (non-hydrogen) atoms. The third kappa shape index (κ3) is 1.73. The molecule has 0 aliphatic heterocycles. The number of allylic oxidation sites excluding steroid dienone is 2. The van der Waals surface area contributed by atoms with Gasteiger partial charge in [-0.3, -0.25) is 4.79 Å². The number of fused-ring (bicyclic) bond motifs is 5. The molecule has 0 radical (unpaired) electrons. The minimum Gasteiger partial charge on any atom is -0.393 e. The molecule has 3 unspecified atom stereocenters. The lowest BCUT2D eigenvalue weighted by Gasteiger charge is -2.55. The third-order valence-electron chi connectivity index (χ3n) is 7.47. The van der Waals surface area contributed by atoms with E-state index in [1.54, 1.807) is 0 Å². The van der Waals surface area contributed by atoms with Crippen molar-refractivity contribution in [3.05, 3.63) is 23.8 Å². The van der Waals surface area contributed by atoms with Gasteiger partial charge in [-0.15, -0.1) is 0 Å². The van der Waals surface area contributed by atoms with Crippen LogP contribution in [0.3, 0.4) is 0 Å². The minimum atomic E-state index is -0.236. The van der Waals surface area contributed by atoms with Gasteiger partial charge in [0.25, 0.3) is 0 Å². The molecule has 4 rings (SSSR count). The van der Waals surface area contributed by atoms with Crippen LogP contribution in [-0.2, 0) is 4.79 Å². The van der Waals surface area contributed by atoms with E-state index >= 15 is 0 Å². The van der Waals surface area contributed by atoms with Crippen LogP contribution in [0.25, 0.3) is 0 Å². The molecule has 120 valence electrons. The molecule has 4 aliphatic rings. The summed E-state index contributed by atoms with van der Waals surface area (Å²) >= 11 is 0. The number of carbonyl (C=O) groups excluding carboxylic acids is 1. The number of rotatable bonds is 0. The molecule has 2 fully saturated rings. The van der Waals surface area contributed by atoms with Crippen LogP contribution in [0.1, 0.15) is 46.0 Å². The maximum absolute atomic E-state index is 12.9. The Bertz CT molecular complexity index is 580. The number of nitrogens with two attached hydrogens (primary N) is 1. The average Bonchev–Trinajstić information content (AvgIpc) is 2.77. The van der Waals surface area contributed by atoms with Gasteiger partial charge in [-0.05, 0) is 55.4 Å². The average molecular weight is 301 g/mol. The summed E-state index contributed by atoms with van der Waals surface area (Å²) in [5.41, 5.74) is 7.23. The molecule has 3 N–H and O–H groups in total. The van der Waals surface area contributed by atoms with Crippen LogP contribution >= 0.6 is 0 Å². The SMILES string of the molecule is C[C@]12C=CC(N)CC1=CC(=O)C1[C@H]2CC[C@]2(C)C(O)CC[C@@H]12. The quantitative estimate of drug-likeness (QED) is 0.676. The molecule has 4 aliphatic carbocycles. The Labute approximate surface area is 132 Å². The van der Waals surface area contributed by atoms with Gasteiger partial charge in [0.1, 0.15) is 0 Å². The summed E-state index contributed by atoms with van der Waals surface area (Å²) < 4.78 is 0. The Hall–Kier alpha value is -0.930. The van der Waals surface area contributed by atoms with Crippen molar-refractivity contribution in [2.45, 2.75) is 58.1 Å². The number of hydrogen-bond donors (Lipinski definition) is 2. The lowest BCUT2D eigenvalue weighted by Crippen LogP contribution is -2.53. The lowest BCUT2D eigenvalue weighted by molar-refractivity contribution is -0.133. The fraction of sp³-hybridized carbons (Fsp3) is 0.737. The van der Waals surface area contributed by atoms with Gasteiger partial charge < -0.3 is 10.8 Å². The van der Waals surface area contributed by atoms with Gasteiger partial charge in [0.15, 0.2) is 5.78 Å². The lowest BCUT2D eigenvalue weighted by atomic mass is 9.49. The first-order valence-electron chi connectivity index (χ1n) is 8.74. The van der Waals surface area contributed by atoms with Crippen LogP contribution in [0.5, 0.6) is 0 Å². The molecule has 3 heteroatoms. The second-order valence-electron chi connectivity index (χ2n) is 8.46. The molecule has 0 saturated heterocycles. The molecular formula is C19H27NO2. The maximum atomic E-state index is 12.9. The molecule has 0 bridgehead atoms. The summed E-state index contributed by atoms with van der Waals surface area (Å²) in [6, 6.07) is 0.0471. The number of hydrogen-bond acceptors (Lipinski definition) is 3. The molecule has 2 saturated carbocycles. The molecule has 3 nitrogen and oxygen atoms in total. The summed E-state index contributed by atoms with van der Waals surface area (Å²) in [7, 11) is 0. The van der Waals surface area contributed by atoms with E-state index in [0.717, 1.165) is 32.1 Å². The highest BCUT2D eigenvalue weighted by molar-refractivity contribution is 5.94. The molecule has 0 heterocycles. The van der Waals surface area contributed by atoms with E-state index in [9.17, 15) is 9.90 Å². The van der Waals surface area contributed by atoms with Gasteiger partial charge in [0.05, 0.1) is 6.10 Å². The van der Waals surface area contributed by atoms with Crippen molar-refractivity contribution in [1.29, 1.82) is 0 Å². The van der Waals surface area contributed by atoms with E-state index in [4.69, 9.17) is 5.73 Å². The van der Waals surface area contributed by atoms with Crippen LogP contribution in [-0.4, -0.2) is 23.0 Å². The van der Waals surface area contributed by atoms with Crippen molar-refractivity contribution in [2.24, 2.45) is 34.3 Å². The van der Waals surface area contributed by atoms with E-state index < -0.39 is 0 Å². The highest BCUT2D eigenvalue weighted by Gasteiger charge is 2.60. The van der Waals surface area contributed by atoms with Gasteiger partial charge in [0, 0.05) is 17.4 Å². The predicted molar refractivity (Wildman–Crippen MR) is 86.0 cm³/mol. The molecule has 0 spiro atoms. The zero-order valence-corrected chi connectivity index (χ0v) is 13.6. The molecule has 7 atom stereocenters. The topological polar surface area (TPSA) is 63.3 Å². The fourth-order valence-electron chi connectivity index (χ4n) is 6.00. The van der Waals surface area contributed by atoms with Crippen molar-refractivity contribution in [2.75, 3.05) is 0 Å². The van der Waals surface area contributed by atoms with Crippen molar-refractivity contribution >= 4 is 5.78 Å². The second-order valence-corrected chi connectivity index (χ2v) is 8.46. The molecule has 0 amide bonds. The van der Waals surface area contributed by atoms with Gasteiger partial charge in [-0.1, -0.05) is 31.6 Å². The van der Waals surface area contributed by atoms with Crippen LogP contribution in [0.2, 0.25) is 0 Å². The van der Waals surface area contributed by atoms with Crippen molar-refractivity contribution in [3.63, 3.8) is 0 Å². The van der Waals surface area contributed by atoms with Crippen molar-refractivity contribution in [1.82, 2.24) is 0 Å². The summed E-state index contributed by atoms with van der Waals surface area (Å²) in [6.07, 6.45) is 10.8.